The van der Waals surface area contributed by atoms with Crippen LogP contribution in [0, 0.1) is 0 Å². The first kappa shape index (κ1) is 12.4. The van der Waals surface area contributed by atoms with E-state index in [4.69, 9.17) is 5.73 Å². The molecule has 0 unspecified atom stereocenters. The first-order valence-corrected chi connectivity index (χ1v) is 6.84. The third-order valence-corrected chi connectivity index (χ3v) is 3.90. The molecule has 0 radical (unpaired) electrons. The number of aromatic nitrogens is 2. The van der Waals surface area contributed by atoms with E-state index in [9.17, 15) is 0 Å². The van der Waals surface area contributed by atoms with Gasteiger partial charge in [-0.2, -0.15) is 0 Å². The molecule has 3 N–H and O–H groups in total. The Labute approximate surface area is 114 Å². The minimum Gasteiger partial charge on any atom is -0.340 e. The van der Waals surface area contributed by atoms with Crippen molar-refractivity contribution in [3.05, 3.63) is 41.9 Å². The quantitative estimate of drug-likeness (QED) is 0.865. The molecule has 1 heterocycles. The number of nitrogens with zero attached hydrogens (tertiary/aromatic N) is 1. The lowest BCUT2D eigenvalue weighted by molar-refractivity contribution is 0.590. The maximum Gasteiger partial charge on any atom is 0.126 e. The van der Waals surface area contributed by atoms with Gasteiger partial charge in [0, 0.05) is 0 Å². The highest BCUT2D eigenvalue weighted by atomic mass is 15.0. The van der Waals surface area contributed by atoms with Crippen LogP contribution in [0.2, 0.25) is 0 Å². The van der Waals surface area contributed by atoms with E-state index >= 15 is 0 Å². The largest absolute Gasteiger partial charge is 0.340 e. The van der Waals surface area contributed by atoms with Crippen molar-refractivity contribution in [1.29, 1.82) is 0 Å². The lowest BCUT2D eigenvalue weighted by Gasteiger charge is -2.18. The molecule has 1 aromatic carbocycles. The summed E-state index contributed by atoms with van der Waals surface area (Å²) in [5.41, 5.74) is 9.70. The zero-order valence-corrected chi connectivity index (χ0v) is 11.8. The second kappa shape index (κ2) is 3.94. The van der Waals surface area contributed by atoms with Gasteiger partial charge in [-0.25, -0.2) is 4.98 Å². The standard InChI is InChI=1S/C16H21N3/c1-15(2,3)12-6-4-11(5-7-12)13-10-18-14(19-13)16(17)8-9-16/h4-7,10H,8-9,17H2,1-3H3,(H,18,19). The van der Waals surface area contributed by atoms with E-state index in [-0.39, 0.29) is 11.0 Å². The molecule has 2 aromatic rings. The van der Waals surface area contributed by atoms with E-state index in [0.29, 0.717) is 0 Å². The minimum absolute atomic E-state index is 0.188. The Morgan fingerprint density at radius 2 is 1.79 bits per heavy atom. The Bertz CT molecular complexity index is 583. The Balaban J connectivity index is 1.88. The van der Waals surface area contributed by atoms with E-state index in [1.54, 1.807) is 0 Å². The first-order chi connectivity index (χ1) is 8.88. The zero-order chi connectivity index (χ0) is 13.7. The maximum absolute atomic E-state index is 6.15. The second-order valence-electron chi connectivity index (χ2n) is 6.63. The first-order valence-electron chi connectivity index (χ1n) is 6.84. The van der Waals surface area contributed by atoms with Crippen molar-refractivity contribution < 1.29 is 0 Å². The average Bonchev–Trinajstić information content (AvgIpc) is 2.93. The van der Waals surface area contributed by atoms with Gasteiger partial charge in [-0.05, 0) is 29.4 Å². The van der Waals surface area contributed by atoms with Crippen LogP contribution in [0.5, 0.6) is 0 Å². The molecule has 0 spiro atoms. The fourth-order valence-electron chi connectivity index (χ4n) is 2.24. The summed E-state index contributed by atoms with van der Waals surface area (Å²) >= 11 is 0. The summed E-state index contributed by atoms with van der Waals surface area (Å²) in [5, 5.41) is 0. The maximum atomic E-state index is 6.15. The number of nitrogens with two attached hydrogens (primary N) is 1. The minimum atomic E-state index is -0.191. The molecule has 0 aliphatic heterocycles. The van der Waals surface area contributed by atoms with E-state index in [2.05, 4.69) is 55.0 Å². The van der Waals surface area contributed by atoms with Crippen LogP contribution in [-0.4, -0.2) is 9.97 Å². The van der Waals surface area contributed by atoms with Gasteiger partial charge in [-0.15, -0.1) is 0 Å². The molecule has 0 atom stereocenters. The Morgan fingerprint density at radius 3 is 2.32 bits per heavy atom. The molecule has 0 amide bonds. The molecule has 100 valence electrons. The number of hydrogen-bond donors (Lipinski definition) is 2. The molecule has 3 rings (SSSR count). The van der Waals surface area contributed by atoms with Gasteiger partial charge in [-0.3, -0.25) is 0 Å². The third-order valence-electron chi connectivity index (χ3n) is 3.90. The summed E-state index contributed by atoms with van der Waals surface area (Å²) in [6.07, 6.45) is 3.94. The zero-order valence-electron chi connectivity index (χ0n) is 11.8. The molecule has 1 aliphatic carbocycles. The summed E-state index contributed by atoms with van der Waals surface area (Å²) in [6, 6.07) is 8.66. The van der Waals surface area contributed by atoms with Gasteiger partial charge in [0.15, 0.2) is 0 Å². The summed E-state index contributed by atoms with van der Waals surface area (Å²) in [5.74, 6) is 0.919. The van der Waals surface area contributed by atoms with Crippen LogP contribution >= 0.6 is 0 Å². The van der Waals surface area contributed by atoms with Crippen molar-refractivity contribution in [2.45, 2.75) is 44.6 Å². The number of H-pyrrole nitrogens is 1. The van der Waals surface area contributed by atoms with Gasteiger partial charge in [0.05, 0.1) is 17.4 Å². The normalized spacial score (nSPS) is 17.5. The van der Waals surface area contributed by atoms with Gasteiger partial charge in [0.2, 0.25) is 0 Å². The number of nitrogens with one attached hydrogen (secondary N) is 1. The number of aromatic amines is 1. The molecule has 1 saturated carbocycles. The van der Waals surface area contributed by atoms with Crippen molar-refractivity contribution in [3.8, 4) is 11.3 Å². The Hall–Kier alpha value is -1.61. The lowest BCUT2D eigenvalue weighted by atomic mass is 9.86. The van der Waals surface area contributed by atoms with Crippen LogP contribution < -0.4 is 5.73 Å². The summed E-state index contributed by atoms with van der Waals surface area (Å²) in [4.78, 5) is 7.77. The Morgan fingerprint density at radius 1 is 1.16 bits per heavy atom. The third kappa shape index (κ3) is 2.30. The van der Waals surface area contributed by atoms with E-state index in [1.807, 2.05) is 6.20 Å². The van der Waals surface area contributed by atoms with Gasteiger partial charge in [0.1, 0.15) is 5.82 Å². The van der Waals surface area contributed by atoms with Gasteiger partial charge < -0.3 is 10.7 Å². The van der Waals surface area contributed by atoms with Crippen LogP contribution in [-0.2, 0) is 11.0 Å². The molecular weight excluding hydrogens is 234 g/mol. The predicted molar refractivity (Wildman–Crippen MR) is 77.8 cm³/mol. The molecule has 1 aromatic heterocycles. The topological polar surface area (TPSA) is 54.7 Å². The molecule has 19 heavy (non-hydrogen) atoms. The van der Waals surface area contributed by atoms with Crippen LogP contribution in [0.3, 0.4) is 0 Å². The number of rotatable bonds is 2. The van der Waals surface area contributed by atoms with E-state index in [0.717, 1.165) is 29.9 Å². The van der Waals surface area contributed by atoms with Gasteiger partial charge in [0.25, 0.3) is 0 Å². The second-order valence-corrected chi connectivity index (χ2v) is 6.63. The smallest absolute Gasteiger partial charge is 0.126 e. The van der Waals surface area contributed by atoms with E-state index < -0.39 is 0 Å². The number of hydrogen-bond acceptors (Lipinski definition) is 2. The molecule has 3 nitrogen and oxygen atoms in total. The van der Waals surface area contributed by atoms with Crippen molar-refractivity contribution >= 4 is 0 Å². The van der Waals surface area contributed by atoms with Gasteiger partial charge >= 0.3 is 0 Å². The highest BCUT2D eigenvalue weighted by Gasteiger charge is 2.42. The van der Waals surface area contributed by atoms with Crippen LogP contribution in [0.15, 0.2) is 30.5 Å². The van der Waals surface area contributed by atoms with Crippen molar-refractivity contribution in [2.24, 2.45) is 5.73 Å². The van der Waals surface area contributed by atoms with E-state index in [1.165, 1.54) is 5.56 Å². The molecule has 0 saturated heterocycles. The fraction of sp³-hybridized carbons (Fsp3) is 0.438. The monoisotopic (exact) mass is 255 g/mol. The van der Waals surface area contributed by atoms with Crippen molar-refractivity contribution in [3.63, 3.8) is 0 Å². The van der Waals surface area contributed by atoms with Gasteiger partial charge in [-0.1, -0.05) is 45.0 Å². The fourth-order valence-corrected chi connectivity index (χ4v) is 2.24. The van der Waals surface area contributed by atoms with Crippen LogP contribution in [0.4, 0.5) is 0 Å². The summed E-state index contributed by atoms with van der Waals surface area (Å²) in [6.45, 7) is 6.67. The Kier molecular flexibility index (Phi) is 2.58. The number of benzene rings is 1. The number of imidazole rings is 1. The van der Waals surface area contributed by atoms with Crippen LogP contribution in [0.25, 0.3) is 11.3 Å². The highest BCUT2D eigenvalue weighted by Crippen LogP contribution is 2.41. The molecular formula is C16H21N3. The molecule has 1 fully saturated rings. The summed E-state index contributed by atoms with van der Waals surface area (Å²) < 4.78 is 0. The molecule has 3 heteroatoms. The van der Waals surface area contributed by atoms with Crippen molar-refractivity contribution in [1.82, 2.24) is 9.97 Å². The molecule has 1 aliphatic rings. The van der Waals surface area contributed by atoms with Crippen molar-refractivity contribution in [2.75, 3.05) is 0 Å². The predicted octanol–water partition coefficient (Wildman–Crippen LogP) is 3.32. The van der Waals surface area contributed by atoms with Crippen LogP contribution in [0.1, 0.15) is 45.0 Å². The molecule has 0 bridgehead atoms. The average molecular weight is 255 g/mol. The summed E-state index contributed by atoms with van der Waals surface area (Å²) in [7, 11) is 0. The lowest BCUT2D eigenvalue weighted by Crippen LogP contribution is -2.20. The SMILES string of the molecule is CC(C)(C)c1ccc(-c2cnc(C3(N)CC3)[nH]2)cc1. The highest BCUT2D eigenvalue weighted by molar-refractivity contribution is 5.59.